The van der Waals surface area contributed by atoms with Crippen molar-refractivity contribution in [3.05, 3.63) is 21.8 Å². The second kappa shape index (κ2) is 5.71. The third kappa shape index (κ3) is 2.70. The summed E-state index contributed by atoms with van der Waals surface area (Å²) in [5, 5.41) is 0. The molecule has 0 N–H and O–H groups in total. The Morgan fingerprint density at radius 2 is 2.26 bits per heavy atom. The van der Waals surface area contributed by atoms with Gasteiger partial charge in [-0.3, -0.25) is 4.79 Å². The van der Waals surface area contributed by atoms with E-state index in [1.54, 1.807) is 0 Å². The van der Waals surface area contributed by atoms with E-state index in [0.717, 1.165) is 6.42 Å². The molecular weight excluding hydrogens is 347 g/mol. The summed E-state index contributed by atoms with van der Waals surface area (Å²) >= 11 is 2.47. The normalized spacial score (nSPS) is 38.0. The van der Waals surface area contributed by atoms with Crippen LogP contribution in [0.3, 0.4) is 0 Å². The molecule has 1 nitrogen and oxygen atoms in total. The van der Waals surface area contributed by atoms with Crippen molar-refractivity contribution in [1.29, 1.82) is 0 Å². The van der Waals surface area contributed by atoms with E-state index < -0.39 is 0 Å². The highest BCUT2D eigenvalue weighted by molar-refractivity contribution is 14.1. The van der Waals surface area contributed by atoms with E-state index in [0.29, 0.717) is 30.0 Å². The quantitative estimate of drug-likeness (QED) is 0.483. The molecule has 2 rings (SSSR count). The molecule has 106 valence electrons. The number of carbonyl (C=O) groups excluding carboxylic acids is 1. The fourth-order valence-electron chi connectivity index (χ4n) is 3.78. The number of hydrogen-bond donors (Lipinski definition) is 0. The van der Waals surface area contributed by atoms with Crippen LogP contribution in [0.1, 0.15) is 52.9 Å². The first kappa shape index (κ1) is 15.3. The molecule has 0 saturated heterocycles. The fourth-order valence-corrected chi connectivity index (χ4v) is 5.17. The first-order chi connectivity index (χ1) is 8.90. The van der Waals surface area contributed by atoms with E-state index in [-0.39, 0.29) is 5.41 Å². The van der Waals surface area contributed by atoms with Gasteiger partial charge in [0.1, 0.15) is 5.78 Å². The standard InChI is InChI=1S/C17H25IO/c1-5-6-7-13-14-8-12(11(2)3)9-16(19)17(14,4)10-15(13)18/h10,12-14H,2,5-9H2,1,3-4H3/t12-,13?,14+,17-/m1/s1. The zero-order valence-electron chi connectivity index (χ0n) is 12.3. The van der Waals surface area contributed by atoms with Gasteiger partial charge in [0.2, 0.25) is 0 Å². The van der Waals surface area contributed by atoms with Gasteiger partial charge in [-0.05, 0) is 70.6 Å². The molecule has 2 aliphatic rings. The molecule has 0 aromatic heterocycles. The Morgan fingerprint density at radius 3 is 2.84 bits per heavy atom. The molecule has 0 aliphatic heterocycles. The molecule has 4 atom stereocenters. The number of unbranched alkanes of at least 4 members (excludes halogenated alkanes) is 1. The van der Waals surface area contributed by atoms with Crippen molar-refractivity contribution in [2.75, 3.05) is 0 Å². The maximum atomic E-state index is 12.6. The van der Waals surface area contributed by atoms with Crippen molar-refractivity contribution in [1.82, 2.24) is 0 Å². The van der Waals surface area contributed by atoms with Crippen LogP contribution >= 0.6 is 22.6 Å². The SMILES string of the molecule is C=C(C)[C@H]1CC(=O)[C@]2(C)C=C(I)C(CCCC)[C@@H]2C1. The number of ketones is 1. The van der Waals surface area contributed by atoms with Gasteiger partial charge in [0, 0.05) is 11.8 Å². The van der Waals surface area contributed by atoms with Gasteiger partial charge in [-0.25, -0.2) is 0 Å². The summed E-state index contributed by atoms with van der Waals surface area (Å²) in [4.78, 5) is 12.6. The minimum atomic E-state index is -0.194. The topological polar surface area (TPSA) is 17.1 Å². The number of allylic oxidation sites excluding steroid dienone is 3. The summed E-state index contributed by atoms with van der Waals surface area (Å²) in [5.74, 6) is 1.96. The number of carbonyl (C=O) groups is 1. The molecule has 19 heavy (non-hydrogen) atoms. The highest BCUT2D eigenvalue weighted by atomic mass is 127. The molecule has 2 aliphatic carbocycles. The molecule has 1 fully saturated rings. The molecule has 2 heteroatoms. The fraction of sp³-hybridized carbons (Fsp3) is 0.706. The lowest BCUT2D eigenvalue weighted by Gasteiger charge is -2.41. The van der Waals surface area contributed by atoms with Gasteiger partial charge >= 0.3 is 0 Å². The summed E-state index contributed by atoms with van der Waals surface area (Å²) in [6, 6.07) is 0. The molecule has 0 aromatic carbocycles. The summed E-state index contributed by atoms with van der Waals surface area (Å²) < 4.78 is 1.43. The Labute approximate surface area is 131 Å². The molecule has 1 unspecified atom stereocenters. The minimum Gasteiger partial charge on any atom is -0.299 e. The van der Waals surface area contributed by atoms with Gasteiger partial charge in [-0.1, -0.05) is 38.0 Å². The maximum absolute atomic E-state index is 12.6. The van der Waals surface area contributed by atoms with Crippen LogP contribution in [-0.2, 0) is 4.79 Å². The van der Waals surface area contributed by atoms with Crippen molar-refractivity contribution in [3.63, 3.8) is 0 Å². The van der Waals surface area contributed by atoms with Crippen molar-refractivity contribution >= 4 is 28.4 Å². The molecule has 0 radical (unpaired) electrons. The summed E-state index contributed by atoms with van der Waals surface area (Å²) in [6.07, 6.45) is 7.86. The summed E-state index contributed by atoms with van der Waals surface area (Å²) in [7, 11) is 0. The lowest BCUT2D eigenvalue weighted by Crippen LogP contribution is -2.41. The van der Waals surface area contributed by atoms with Gasteiger partial charge in [0.15, 0.2) is 0 Å². The molecule has 1 saturated carbocycles. The van der Waals surface area contributed by atoms with Gasteiger partial charge in [-0.15, -0.1) is 0 Å². The highest BCUT2D eigenvalue weighted by Crippen LogP contribution is 2.56. The van der Waals surface area contributed by atoms with Gasteiger partial charge in [0.25, 0.3) is 0 Å². The van der Waals surface area contributed by atoms with E-state index in [4.69, 9.17) is 0 Å². The number of rotatable bonds is 4. The van der Waals surface area contributed by atoms with Gasteiger partial charge in [-0.2, -0.15) is 0 Å². The second-order valence-corrected chi connectivity index (χ2v) is 7.82. The van der Waals surface area contributed by atoms with E-state index in [1.165, 1.54) is 28.4 Å². The van der Waals surface area contributed by atoms with Crippen molar-refractivity contribution < 1.29 is 4.79 Å². The predicted molar refractivity (Wildman–Crippen MR) is 89.3 cm³/mol. The lowest BCUT2D eigenvalue weighted by atomic mass is 9.61. The Bertz CT molecular complexity index is 423. The van der Waals surface area contributed by atoms with Crippen LogP contribution < -0.4 is 0 Å². The Balaban J connectivity index is 2.25. The third-order valence-electron chi connectivity index (χ3n) is 5.18. The van der Waals surface area contributed by atoms with Crippen LogP contribution in [0.25, 0.3) is 0 Å². The van der Waals surface area contributed by atoms with Crippen molar-refractivity contribution in [2.24, 2.45) is 23.2 Å². The molecule has 0 bridgehead atoms. The van der Waals surface area contributed by atoms with Crippen LogP contribution in [0.5, 0.6) is 0 Å². The molecular formula is C17H25IO. The Hall–Kier alpha value is -0.120. The van der Waals surface area contributed by atoms with E-state index in [9.17, 15) is 4.79 Å². The van der Waals surface area contributed by atoms with Crippen LogP contribution in [0.15, 0.2) is 21.8 Å². The van der Waals surface area contributed by atoms with E-state index in [1.807, 2.05) is 0 Å². The van der Waals surface area contributed by atoms with Crippen LogP contribution in [0, 0.1) is 23.2 Å². The first-order valence-electron chi connectivity index (χ1n) is 7.47. The molecule has 0 heterocycles. The third-order valence-corrected chi connectivity index (χ3v) is 6.30. The predicted octanol–water partition coefficient (Wildman–Crippen LogP) is 5.30. The van der Waals surface area contributed by atoms with E-state index >= 15 is 0 Å². The monoisotopic (exact) mass is 372 g/mol. The highest BCUT2D eigenvalue weighted by Gasteiger charge is 2.52. The molecule has 0 amide bonds. The smallest absolute Gasteiger partial charge is 0.143 e. The summed E-state index contributed by atoms with van der Waals surface area (Å²) in [5.41, 5.74) is 0.993. The number of hydrogen-bond acceptors (Lipinski definition) is 1. The number of halogens is 1. The maximum Gasteiger partial charge on any atom is 0.143 e. The Kier molecular flexibility index (Phi) is 4.59. The number of Topliss-reactive ketones (excluding diaryl/α,β-unsaturated/α-hetero) is 1. The molecule has 0 spiro atoms. The first-order valence-corrected chi connectivity index (χ1v) is 8.55. The Morgan fingerprint density at radius 1 is 1.58 bits per heavy atom. The van der Waals surface area contributed by atoms with Crippen molar-refractivity contribution in [3.8, 4) is 0 Å². The average Bonchev–Trinajstić information content (AvgIpc) is 2.59. The average molecular weight is 372 g/mol. The van der Waals surface area contributed by atoms with Crippen molar-refractivity contribution in [2.45, 2.75) is 52.9 Å². The summed E-state index contributed by atoms with van der Waals surface area (Å²) in [6.45, 7) is 10.6. The van der Waals surface area contributed by atoms with Crippen LogP contribution in [0.2, 0.25) is 0 Å². The minimum absolute atomic E-state index is 0.194. The van der Waals surface area contributed by atoms with Crippen LogP contribution in [0.4, 0.5) is 0 Å². The largest absolute Gasteiger partial charge is 0.299 e. The second-order valence-electron chi connectivity index (χ2n) is 6.57. The molecule has 0 aromatic rings. The van der Waals surface area contributed by atoms with Crippen LogP contribution in [-0.4, -0.2) is 5.78 Å². The van der Waals surface area contributed by atoms with Gasteiger partial charge < -0.3 is 0 Å². The van der Waals surface area contributed by atoms with Gasteiger partial charge in [0.05, 0.1) is 0 Å². The lowest BCUT2D eigenvalue weighted by molar-refractivity contribution is -0.132. The zero-order valence-corrected chi connectivity index (χ0v) is 14.5. The van der Waals surface area contributed by atoms with E-state index in [2.05, 4.69) is 56.0 Å². The number of fused-ring (bicyclic) bond motifs is 1. The zero-order chi connectivity index (χ0) is 14.2.